The van der Waals surface area contributed by atoms with Gasteiger partial charge >= 0.3 is 0 Å². The van der Waals surface area contributed by atoms with Crippen molar-refractivity contribution in [3.05, 3.63) is 17.4 Å². The molecule has 1 aromatic heterocycles. The monoisotopic (exact) mass is 322 g/mol. The molecular formula is C17H27ClN4. The number of halogens is 1. The van der Waals surface area contributed by atoms with Crippen molar-refractivity contribution < 1.29 is 0 Å². The lowest BCUT2D eigenvalue weighted by atomic mass is 9.88. The molecule has 1 aliphatic heterocycles. The van der Waals surface area contributed by atoms with Crippen molar-refractivity contribution in [2.75, 3.05) is 31.6 Å². The number of hydrogen-bond donors (Lipinski definition) is 0. The zero-order valence-electron chi connectivity index (χ0n) is 13.5. The molecule has 0 spiro atoms. The molecule has 0 unspecified atom stereocenters. The summed E-state index contributed by atoms with van der Waals surface area (Å²) in [5.41, 5.74) is 0. The lowest BCUT2D eigenvalue weighted by Crippen LogP contribution is -2.45. The first-order valence-electron chi connectivity index (χ1n) is 8.65. The van der Waals surface area contributed by atoms with Gasteiger partial charge in [-0.1, -0.05) is 30.9 Å². The van der Waals surface area contributed by atoms with Gasteiger partial charge < -0.3 is 9.80 Å². The van der Waals surface area contributed by atoms with Crippen molar-refractivity contribution >= 4 is 17.5 Å². The molecule has 122 valence electrons. The van der Waals surface area contributed by atoms with E-state index in [9.17, 15) is 0 Å². The highest BCUT2D eigenvalue weighted by atomic mass is 35.5. The molecule has 1 saturated heterocycles. The lowest BCUT2D eigenvalue weighted by Gasteiger charge is -2.38. The summed E-state index contributed by atoms with van der Waals surface area (Å²) in [6.07, 6.45) is 13.0. The molecule has 0 N–H and O–H groups in total. The standard InChI is InChI=1S/C17H27ClN4/c1-21(17-19-11-15(18)12-20-17)16-7-9-22(10-8-16)13-14-5-3-2-4-6-14/h11-12,14,16H,2-10,13H2,1H3. The molecule has 0 bridgehead atoms. The number of hydrogen-bond acceptors (Lipinski definition) is 4. The summed E-state index contributed by atoms with van der Waals surface area (Å²) in [5.74, 6) is 1.73. The Hall–Kier alpha value is -0.870. The van der Waals surface area contributed by atoms with Gasteiger partial charge in [-0.2, -0.15) is 0 Å². The average molecular weight is 323 g/mol. The largest absolute Gasteiger partial charge is 0.341 e. The van der Waals surface area contributed by atoms with Crippen molar-refractivity contribution in [2.45, 2.75) is 51.0 Å². The number of anilines is 1. The van der Waals surface area contributed by atoms with Gasteiger partial charge in [-0.25, -0.2) is 9.97 Å². The van der Waals surface area contributed by atoms with Crippen LogP contribution in [0.25, 0.3) is 0 Å². The van der Waals surface area contributed by atoms with Gasteiger partial charge in [-0.3, -0.25) is 0 Å². The predicted molar refractivity (Wildman–Crippen MR) is 91.5 cm³/mol. The van der Waals surface area contributed by atoms with Crippen LogP contribution in [0.3, 0.4) is 0 Å². The van der Waals surface area contributed by atoms with E-state index in [4.69, 9.17) is 11.6 Å². The van der Waals surface area contributed by atoms with Crippen LogP contribution in [-0.2, 0) is 0 Å². The van der Waals surface area contributed by atoms with Crippen LogP contribution in [0.5, 0.6) is 0 Å². The Morgan fingerprint density at radius 3 is 2.36 bits per heavy atom. The van der Waals surface area contributed by atoms with E-state index < -0.39 is 0 Å². The molecule has 0 aromatic carbocycles. The topological polar surface area (TPSA) is 32.3 Å². The Morgan fingerprint density at radius 2 is 1.73 bits per heavy atom. The molecule has 2 fully saturated rings. The predicted octanol–water partition coefficient (Wildman–Crippen LogP) is 3.61. The fourth-order valence-electron chi connectivity index (χ4n) is 3.87. The van der Waals surface area contributed by atoms with Crippen LogP contribution in [0, 0.1) is 5.92 Å². The average Bonchev–Trinajstić information content (AvgIpc) is 2.57. The number of aromatic nitrogens is 2. The Bertz CT molecular complexity index is 450. The molecule has 4 nitrogen and oxygen atoms in total. The van der Waals surface area contributed by atoms with Crippen molar-refractivity contribution in [1.82, 2.24) is 14.9 Å². The molecule has 0 amide bonds. The molecule has 3 rings (SSSR count). The molecule has 2 heterocycles. The van der Waals surface area contributed by atoms with Crippen molar-refractivity contribution in [3.63, 3.8) is 0 Å². The van der Waals surface area contributed by atoms with Crippen LogP contribution in [0.1, 0.15) is 44.9 Å². The van der Waals surface area contributed by atoms with Gasteiger partial charge in [0.15, 0.2) is 0 Å². The lowest BCUT2D eigenvalue weighted by molar-refractivity contribution is 0.163. The van der Waals surface area contributed by atoms with E-state index in [1.807, 2.05) is 0 Å². The van der Waals surface area contributed by atoms with Crippen LogP contribution in [-0.4, -0.2) is 47.6 Å². The maximum absolute atomic E-state index is 5.86. The molecule has 5 heteroatoms. The van der Waals surface area contributed by atoms with E-state index >= 15 is 0 Å². The molecule has 0 atom stereocenters. The van der Waals surface area contributed by atoms with E-state index in [1.54, 1.807) is 12.4 Å². The SMILES string of the molecule is CN(c1ncc(Cl)cn1)C1CCN(CC2CCCCC2)CC1. The fraction of sp³-hybridized carbons (Fsp3) is 0.765. The normalized spacial score (nSPS) is 21.9. The second-order valence-electron chi connectivity index (χ2n) is 6.85. The third kappa shape index (κ3) is 4.11. The van der Waals surface area contributed by atoms with Gasteiger partial charge in [-0.15, -0.1) is 0 Å². The Morgan fingerprint density at radius 1 is 1.09 bits per heavy atom. The van der Waals surface area contributed by atoms with Gasteiger partial charge in [0.05, 0.1) is 17.4 Å². The molecule has 2 aliphatic rings. The summed E-state index contributed by atoms with van der Waals surface area (Å²) in [6, 6.07) is 0.545. The summed E-state index contributed by atoms with van der Waals surface area (Å²) >= 11 is 5.86. The summed E-state index contributed by atoms with van der Waals surface area (Å²) in [4.78, 5) is 13.6. The van der Waals surface area contributed by atoms with E-state index in [1.165, 1.54) is 64.6 Å². The van der Waals surface area contributed by atoms with Crippen LogP contribution in [0.4, 0.5) is 5.95 Å². The molecule has 0 radical (unpaired) electrons. The van der Waals surface area contributed by atoms with Crippen molar-refractivity contribution in [2.24, 2.45) is 5.92 Å². The zero-order valence-corrected chi connectivity index (χ0v) is 14.3. The van der Waals surface area contributed by atoms with Crippen molar-refractivity contribution in [1.29, 1.82) is 0 Å². The Balaban J connectivity index is 1.47. The highest BCUT2D eigenvalue weighted by molar-refractivity contribution is 6.30. The first-order valence-corrected chi connectivity index (χ1v) is 9.03. The van der Waals surface area contributed by atoms with Crippen LogP contribution < -0.4 is 4.90 Å². The van der Waals surface area contributed by atoms with Gasteiger partial charge in [0.1, 0.15) is 0 Å². The molecule has 1 aromatic rings. The van der Waals surface area contributed by atoms with Crippen LogP contribution in [0.15, 0.2) is 12.4 Å². The van der Waals surface area contributed by atoms with Gasteiger partial charge in [0.25, 0.3) is 0 Å². The van der Waals surface area contributed by atoms with Crippen LogP contribution >= 0.6 is 11.6 Å². The van der Waals surface area contributed by atoms with Gasteiger partial charge in [-0.05, 0) is 31.6 Å². The molecule has 1 saturated carbocycles. The second-order valence-corrected chi connectivity index (χ2v) is 7.28. The highest BCUT2D eigenvalue weighted by Crippen LogP contribution is 2.26. The summed E-state index contributed by atoms with van der Waals surface area (Å²) < 4.78 is 0. The van der Waals surface area contributed by atoms with E-state index in [0.717, 1.165) is 11.9 Å². The number of rotatable bonds is 4. The zero-order chi connectivity index (χ0) is 15.4. The van der Waals surface area contributed by atoms with Crippen LogP contribution in [0.2, 0.25) is 5.02 Å². The van der Waals surface area contributed by atoms with E-state index in [0.29, 0.717) is 11.1 Å². The fourth-order valence-corrected chi connectivity index (χ4v) is 3.97. The van der Waals surface area contributed by atoms with Gasteiger partial charge in [0, 0.05) is 32.7 Å². The minimum atomic E-state index is 0.545. The summed E-state index contributed by atoms with van der Waals surface area (Å²) in [7, 11) is 2.10. The maximum Gasteiger partial charge on any atom is 0.225 e. The quantitative estimate of drug-likeness (QED) is 0.847. The number of piperidine rings is 1. The third-order valence-electron chi connectivity index (χ3n) is 5.27. The summed E-state index contributed by atoms with van der Waals surface area (Å²) in [5, 5.41) is 0.597. The molecular weight excluding hydrogens is 296 g/mol. The smallest absolute Gasteiger partial charge is 0.225 e. The molecule has 22 heavy (non-hydrogen) atoms. The van der Waals surface area contributed by atoms with E-state index in [-0.39, 0.29) is 0 Å². The Kier molecular flexibility index (Phi) is 5.53. The minimum Gasteiger partial charge on any atom is -0.341 e. The Labute approximate surface area is 138 Å². The van der Waals surface area contributed by atoms with Gasteiger partial charge in [0.2, 0.25) is 5.95 Å². The minimum absolute atomic E-state index is 0.545. The first kappa shape index (κ1) is 16.0. The van der Waals surface area contributed by atoms with Crippen molar-refractivity contribution in [3.8, 4) is 0 Å². The maximum atomic E-state index is 5.86. The van der Waals surface area contributed by atoms with E-state index in [2.05, 4.69) is 26.8 Å². The second kappa shape index (κ2) is 7.60. The number of nitrogens with zero attached hydrogens (tertiary/aromatic N) is 4. The number of likely N-dealkylation sites (tertiary alicyclic amines) is 1. The highest BCUT2D eigenvalue weighted by Gasteiger charge is 2.25. The first-order chi connectivity index (χ1) is 10.7. The third-order valence-corrected chi connectivity index (χ3v) is 5.46. The molecule has 1 aliphatic carbocycles. The summed E-state index contributed by atoms with van der Waals surface area (Å²) in [6.45, 7) is 3.73.